The van der Waals surface area contributed by atoms with Crippen molar-refractivity contribution < 1.29 is 14.3 Å². The molecule has 0 saturated carbocycles. The highest BCUT2D eigenvalue weighted by atomic mass is 35.5. The van der Waals surface area contributed by atoms with E-state index in [0.717, 1.165) is 42.6 Å². The molecule has 3 aromatic rings. The van der Waals surface area contributed by atoms with E-state index in [2.05, 4.69) is 30.8 Å². The van der Waals surface area contributed by atoms with Crippen molar-refractivity contribution in [1.29, 1.82) is 0 Å². The summed E-state index contributed by atoms with van der Waals surface area (Å²) in [5.41, 5.74) is 2.91. The fraction of sp³-hybridized carbons (Fsp3) is 0.360. The molecule has 1 saturated heterocycles. The highest BCUT2D eigenvalue weighted by Gasteiger charge is 2.25. The Labute approximate surface area is 208 Å². The van der Waals surface area contributed by atoms with E-state index in [4.69, 9.17) is 21.1 Å². The number of rotatable bonds is 7. The van der Waals surface area contributed by atoms with Gasteiger partial charge in [-0.3, -0.25) is 9.89 Å². The molecule has 2 aromatic heterocycles. The van der Waals surface area contributed by atoms with E-state index in [1.165, 1.54) is 0 Å². The lowest BCUT2D eigenvalue weighted by molar-refractivity contribution is 0.0903. The first-order valence-electron chi connectivity index (χ1n) is 11.6. The lowest BCUT2D eigenvalue weighted by Crippen LogP contribution is -2.30. The maximum Gasteiger partial charge on any atom is 0.252 e. The Hall–Kier alpha value is -3.27. The third-order valence-electron chi connectivity index (χ3n) is 6.33. The van der Waals surface area contributed by atoms with E-state index >= 15 is 0 Å². The second-order valence-corrected chi connectivity index (χ2v) is 9.07. The number of methoxy groups -OCH3 is 1. The van der Waals surface area contributed by atoms with E-state index < -0.39 is 6.04 Å². The molecule has 5 rings (SSSR count). The zero-order chi connectivity index (χ0) is 24.2. The monoisotopic (exact) mass is 494 g/mol. The molecule has 182 valence electrons. The molecule has 0 radical (unpaired) electrons. The van der Waals surface area contributed by atoms with Crippen LogP contribution < -0.4 is 10.6 Å². The Bertz CT molecular complexity index is 1250. The Morgan fingerprint density at radius 1 is 1.29 bits per heavy atom. The van der Waals surface area contributed by atoms with Gasteiger partial charge in [0.25, 0.3) is 5.91 Å². The first-order valence-corrected chi connectivity index (χ1v) is 12.0. The molecule has 2 atom stereocenters. The molecule has 1 fully saturated rings. The van der Waals surface area contributed by atoms with Crippen LogP contribution in [-0.4, -0.2) is 58.5 Å². The number of anilines is 1. The van der Waals surface area contributed by atoms with E-state index in [9.17, 15) is 4.79 Å². The molecule has 0 bridgehead atoms. The largest absolute Gasteiger partial charge is 0.381 e. The quantitative estimate of drug-likeness (QED) is 0.456. The second-order valence-electron chi connectivity index (χ2n) is 8.63. The summed E-state index contributed by atoms with van der Waals surface area (Å²) in [6.07, 6.45) is 11.4. The number of carbonyl (C=O) groups excluding carboxylic acids is 1. The number of hydrogen-bond donors (Lipinski definition) is 3. The molecule has 1 aliphatic heterocycles. The highest BCUT2D eigenvalue weighted by Crippen LogP contribution is 2.31. The van der Waals surface area contributed by atoms with E-state index in [0.29, 0.717) is 28.5 Å². The molecule has 10 heteroatoms. The zero-order valence-corrected chi connectivity index (χ0v) is 20.1. The summed E-state index contributed by atoms with van der Waals surface area (Å²) in [6.45, 7) is 1.46. The molecule has 1 aromatic carbocycles. The van der Waals surface area contributed by atoms with Crippen molar-refractivity contribution in [2.75, 3.05) is 25.6 Å². The Kier molecular flexibility index (Phi) is 7.08. The standard InChI is InChI=1S/C25H27ClN6O3/c1-34-22-5-4-15(10-20(22)26)23(18-13-28-29-14-18)32-24(33)16-2-3-17-12-27-25(31-21(17)11-16)30-19-6-8-35-9-7-19/h2-4,10-14,19,22-23H,5-9H2,1H3,(H,28,29)(H,32,33)(H,27,30,31). The number of H-pyrrole nitrogens is 1. The SMILES string of the molecule is COC1CC=C(C(NC(=O)c2ccc3cnc(NC4CCOCC4)nc3c2)c2cn[nH]c2)C=C1Cl. The smallest absolute Gasteiger partial charge is 0.252 e. The Morgan fingerprint density at radius 3 is 2.89 bits per heavy atom. The van der Waals surface area contributed by atoms with Gasteiger partial charge < -0.3 is 20.1 Å². The molecular weight excluding hydrogens is 468 g/mol. The van der Waals surface area contributed by atoms with Gasteiger partial charge >= 0.3 is 0 Å². The molecular formula is C25H27ClN6O3. The first-order chi connectivity index (χ1) is 17.1. The summed E-state index contributed by atoms with van der Waals surface area (Å²) in [5, 5.41) is 14.8. The predicted octanol–water partition coefficient (Wildman–Crippen LogP) is 3.88. The molecule has 9 nitrogen and oxygen atoms in total. The fourth-order valence-electron chi connectivity index (χ4n) is 4.33. The topological polar surface area (TPSA) is 114 Å². The van der Waals surface area contributed by atoms with Gasteiger partial charge in [0.2, 0.25) is 5.95 Å². The normalized spacial score (nSPS) is 19.7. The van der Waals surface area contributed by atoms with Gasteiger partial charge in [-0.1, -0.05) is 23.7 Å². The zero-order valence-electron chi connectivity index (χ0n) is 19.3. The summed E-state index contributed by atoms with van der Waals surface area (Å²) in [5.74, 6) is 0.327. The number of nitrogens with one attached hydrogen (secondary N) is 3. The van der Waals surface area contributed by atoms with Crippen LogP contribution in [0.1, 0.15) is 41.2 Å². The molecule has 2 aliphatic rings. The minimum atomic E-state index is -0.417. The van der Waals surface area contributed by atoms with E-state index in [1.54, 1.807) is 37.8 Å². The average molecular weight is 495 g/mol. The van der Waals surface area contributed by atoms with Crippen molar-refractivity contribution in [2.45, 2.75) is 37.5 Å². The van der Waals surface area contributed by atoms with Gasteiger partial charge in [0.05, 0.1) is 23.9 Å². The maximum atomic E-state index is 13.3. The van der Waals surface area contributed by atoms with Crippen molar-refractivity contribution >= 4 is 34.4 Å². The maximum absolute atomic E-state index is 13.3. The van der Waals surface area contributed by atoms with Gasteiger partial charge in [0.15, 0.2) is 0 Å². The van der Waals surface area contributed by atoms with Gasteiger partial charge in [-0.15, -0.1) is 0 Å². The van der Waals surface area contributed by atoms with Crippen LogP contribution in [0.25, 0.3) is 10.9 Å². The number of aromatic amines is 1. The fourth-order valence-corrected chi connectivity index (χ4v) is 4.63. The van der Waals surface area contributed by atoms with Crippen molar-refractivity contribution in [2.24, 2.45) is 0 Å². The van der Waals surface area contributed by atoms with Crippen LogP contribution in [0.4, 0.5) is 5.95 Å². The summed E-state index contributed by atoms with van der Waals surface area (Å²) in [7, 11) is 1.63. The van der Waals surface area contributed by atoms with Crippen LogP contribution in [0, 0.1) is 0 Å². The molecule has 35 heavy (non-hydrogen) atoms. The number of benzene rings is 1. The van der Waals surface area contributed by atoms with Crippen molar-refractivity contribution in [3.8, 4) is 0 Å². The Morgan fingerprint density at radius 2 is 2.14 bits per heavy atom. The minimum Gasteiger partial charge on any atom is -0.381 e. The van der Waals surface area contributed by atoms with Gasteiger partial charge in [0.1, 0.15) is 0 Å². The lowest BCUT2D eigenvalue weighted by Gasteiger charge is -2.24. The van der Waals surface area contributed by atoms with Crippen LogP contribution in [0.2, 0.25) is 0 Å². The molecule has 1 amide bonds. The number of ether oxygens (including phenoxy) is 2. The summed E-state index contributed by atoms with van der Waals surface area (Å²) in [6, 6.07) is 5.28. The highest BCUT2D eigenvalue weighted by molar-refractivity contribution is 6.30. The second kappa shape index (κ2) is 10.6. The van der Waals surface area contributed by atoms with Crippen molar-refractivity contribution in [3.05, 3.63) is 70.7 Å². The van der Waals surface area contributed by atoms with Crippen LogP contribution in [0.5, 0.6) is 0 Å². The average Bonchev–Trinajstić information content (AvgIpc) is 3.42. The van der Waals surface area contributed by atoms with Crippen molar-refractivity contribution in [1.82, 2.24) is 25.5 Å². The van der Waals surface area contributed by atoms with E-state index in [-0.39, 0.29) is 18.1 Å². The Balaban J connectivity index is 1.37. The summed E-state index contributed by atoms with van der Waals surface area (Å²) >= 11 is 6.42. The molecule has 1 aliphatic carbocycles. The van der Waals surface area contributed by atoms with E-state index in [1.807, 2.05) is 18.2 Å². The van der Waals surface area contributed by atoms with Gasteiger partial charge in [0, 0.05) is 60.3 Å². The summed E-state index contributed by atoms with van der Waals surface area (Å²) < 4.78 is 10.8. The van der Waals surface area contributed by atoms with Gasteiger partial charge in [-0.25, -0.2) is 9.97 Å². The lowest BCUT2D eigenvalue weighted by atomic mass is 9.94. The number of nitrogens with zero attached hydrogens (tertiary/aromatic N) is 3. The summed E-state index contributed by atoms with van der Waals surface area (Å²) in [4.78, 5) is 22.4. The molecule has 2 unspecified atom stereocenters. The number of halogens is 1. The number of hydrogen-bond acceptors (Lipinski definition) is 7. The molecule has 0 spiro atoms. The number of aromatic nitrogens is 4. The van der Waals surface area contributed by atoms with Crippen LogP contribution in [-0.2, 0) is 9.47 Å². The third-order valence-corrected chi connectivity index (χ3v) is 6.68. The number of fused-ring (bicyclic) bond motifs is 1. The minimum absolute atomic E-state index is 0.176. The van der Waals surface area contributed by atoms with Crippen LogP contribution in [0.15, 0.2) is 59.5 Å². The number of carbonyl (C=O) groups is 1. The van der Waals surface area contributed by atoms with Gasteiger partial charge in [-0.2, -0.15) is 5.10 Å². The molecule has 3 N–H and O–H groups in total. The van der Waals surface area contributed by atoms with Gasteiger partial charge in [-0.05, 0) is 43.0 Å². The van der Waals surface area contributed by atoms with Crippen LogP contribution >= 0.6 is 11.6 Å². The van der Waals surface area contributed by atoms with Crippen molar-refractivity contribution in [3.63, 3.8) is 0 Å². The first kappa shape index (κ1) is 23.5. The van der Waals surface area contributed by atoms with Crippen LogP contribution in [0.3, 0.4) is 0 Å². The molecule has 3 heterocycles. The third kappa shape index (κ3) is 5.37. The number of amides is 1. The predicted molar refractivity (Wildman–Crippen MR) is 133 cm³/mol.